The van der Waals surface area contributed by atoms with Crippen LogP contribution in [0.25, 0.3) is 10.9 Å². The molecular formula is C22H28N2O3. The van der Waals surface area contributed by atoms with Gasteiger partial charge in [0.2, 0.25) is 0 Å². The highest BCUT2D eigenvalue weighted by molar-refractivity contribution is 6.05. The topological polar surface area (TPSA) is 68.3 Å². The van der Waals surface area contributed by atoms with Crippen LogP contribution in [0.3, 0.4) is 0 Å². The summed E-state index contributed by atoms with van der Waals surface area (Å²) >= 11 is 0. The van der Waals surface area contributed by atoms with Crippen molar-refractivity contribution in [2.45, 2.75) is 58.9 Å². The van der Waals surface area contributed by atoms with Crippen molar-refractivity contribution in [2.24, 2.45) is 5.92 Å². The Hall–Kier alpha value is -2.43. The maximum atomic E-state index is 12.9. The SMILES string of the molecule is CCC(C)(C)NC(=O)COC(=O)c1c2c(nc3ccccc13)CC[C@@H](C)C2. The summed E-state index contributed by atoms with van der Waals surface area (Å²) in [6.07, 6.45) is 3.55. The lowest BCUT2D eigenvalue weighted by molar-refractivity contribution is -0.125. The summed E-state index contributed by atoms with van der Waals surface area (Å²) in [4.78, 5) is 29.9. The van der Waals surface area contributed by atoms with Gasteiger partial charge in [-0.05, 0) is 57.1 Å². The van der Waals surface area contributed by atoms with Gasteiger partial charge >= 0.3 is 5.97 Å². The maximum Gasteiger partial charge on any atom is 0.339 e. The van der Waals surface area contributed by atoms with E-state index >= 15 is 0 Å². The Bertz CT molecular complexity index is 873. The maximum absolute atomic E-state index is 12.9. The Morgan fingerprint density at radius 1 is 1.30 bits per heavy atom. The average molecular weight is 368 g/mol. The number of hydrogen-bond acceptors (Lipinski definition) is 4. The number of nitrogens with zero attached hydrogens (tertiary/aromatic N) is 1. The molecule has 2 aromatic rings. The number of nitrogens with one attached hydrogen (secondary N) is 1. The highest BCUT2D eigenvalue weighted by Crippen LogP contribution is 2.31. The first-order valence-corrected chi connectivity index (χ1v) is 9.69. The largest absolute Gasteiger partial charge is 0.452 e. The lowest BCUT2D eigenvalue weighted by atomic mass is 9.84. The van der Waals surface area contributed by atoms with Crippen molar-refractivity contribution in [3.05, 3.63) is 41.1 Å². The van der Waals surface area contributed by atoms with E-state index in [4.69, 9.17) is 9.72 Å². The second-order valence-corrected chi connectivity index (χ2v) is 8.14. The van der Waals surface area contributed by atoms with Crippen LogP contribution >= 0.6 is 0 Å². The lowest BCUT2D eigenvalue weighted by Gasteiger charge is -2.25. The number of ether oxygens (including phenoxy) is 1. The van der Waals surface area contributed by atoms with Crippen molar-refractivity contribution in [1.29, 1.82) is 0 Å². The van der Waals surface area contributed by atoms with Crippen molar-refractivity contribution in [2.75, 3.05) is 6.61 Å². The van der Waals surface area contributed by atoms with E-state index in [-0.39, 0.29) is 18.1 Å². The van der Waals surface area contributed by atoms with E-state index in [1.807, 2.05) is 45.0 Å². The number of carbonyl (C=O) groups excluding carboxylic acids is 2. The summed E-state index contributed by atoms with van der Waals surface area (Å²) in [5.41, 5.74) is 3.02. The molecule has 3 rings (SSSR count). The molecule has 0 fully saturated rings. The van der Waals surface area contributed by atoms with Crippen molar-refractivity contribution < 1.29 is 14.3 Å². The molecule has 0 unspecified atom stereocenters. The zero-order chi connectivity index (χ0) is 19.6. The zero-order valence-electron chi connectivity index (χ0n) is 16.6. The Balaban J connectivity index is 1.88. The fraction of sp³-hybridized carbons (Fsp3) is 0.500. The molecule has 1 atom stereocenters. The number of fused-ring (bicyclic) bond motifs is 2. The van der Waals surface area contributed by atoms with E-state index in [2.05, 4.69) is 12.2 Å². The number of esters is 1. The molecule has 1 heterocycles. The predicted octanol–water partition coefficient (Wildman–Crippen LogP) is 3.82. The number of hydrogen-bond donors (Lipinski definition) is 1. The monoisotopic (exact) mass is 368 g/mol. The summed E-state index contributed by atoms with van der Waals surface area (Å²) in [6.45, 7) is 7.81. The van der Waals surface area contributed by atoms with E-state index in [1.165, 1.54) is 0 Å². The molecule has 1 aromatic carbocycles. The lowest BCUT2D eigenvalue weighted by Crippen LogP contribution is -2.44. The van der Waals surface area contributed by atoms with Crippen LogP contribution in [0.1, 0.15) is 62.2 Å². The number of amides is 1. The van der Waals surface area contributed by atoms with Gasteiger partial charge in [-0.1, -0.05) is 32.0 Å². The Labute approximate surface area is 160 Å². The van der Waals surface area contributed by atoms with Gasteiger partial charge < -0.3 is 10.1 Å². The zero-order valence-corrected chi connectivity index (χ0v) is 16.6. The molecule has 0 saturated heterocycles. The third-order valence-corrected chi connectivity index (χ3v) is 5.41. The van der Waals surface area contributed by atoms with E-state index < -0.39 is 5.97 Å². The molecule has 0 spiro atoms. The minimum absolute atomic E-state index is 0.275. The minimum Gasteiger partial charge on any atom is -0.452 e. The first-order chi connectivity index (χ1) is 12.8. The van der Waals surface area contributed by atoms with E-state index in [9.17, 15) is 9.59 Å². The normalized spacial score (nSPS) is 16.7. The number of benzene rings is 1. The van der Waals surface area contributed by atoms with Crippen LogP contribution in [-0.4, -0.2) is 29.0 Å². The van der Waals surface area contributed by atoms with Crippen LogP contribution in [-0.2, 0) is 22.4 Å². The smallest absolute Gasteiger partial charge is 0.339 e. The van der Waals surface area contributed by atoms with Crippen LogP contribution in [0, 0.1) is 5.92 Å². The molecule has 144 valence electrons. The molecule has 1 amide bonds. The van der Waals surface area contributed by atoms with E-state index in [1.54, 1.807) is 0 Å². The molecule has 5 nitrogen and oxygen atoms in total. The van der Waals surface area contributed by atoms with Gasteiger partial charge in [-0.25, -0.2) is 4.79 Å². The third-order valence-electron chi connectivity index (χ3n) is 5.41. The first-order valence-electron chi connectivity index (χ1n) is 9.69. The quantitative estimate of drug-likeness (QED) is 0.815. The van der Waals surface area contributed by atoms with Crippen LogP contribution < -0.4 is 5.32 Å². The third kappa shape index (κ3) is 4.29. The van der Waals surface area contributed by atoms with Gasteiger partial charge in [0.25, 0.3) is 5.91 Å². The molecule has 27 heavy (non-hydrogen) atoms. The molecule has 0 bridgehead atoms. The minimum atomic E-state index is -0.441. The van der Waals surface area contributed by atoms with Gasteiger partial charge in [0.1, 0.15) is 0 Å². The van der Waals surface area contributed by atoms with E-state index in [0.29, 0.717) is 11.5 Å². The highest BCUT2D eigenvalue weighted by Gasteiger charge is 2.27. The van der Waals surface area contributed by atoms with Gasteiger partial charge in [0.05, 0.1) is 11.1 Å². The second-order valence-electron chi connectivity index (χ2n) is 8.14. The highest BCUT2D eigenvalue weighted by atomic mass is 16.5. The second kappa shape index (κ2) is 7.67. The number of pyridine rings is 1. The standard InChI is InChI=1S/C22H28N2O3/c1-5-22(3,4)24-19(25)13-27-21(26)20-15-8-6-7-9-17(15)23-18-11-10-14(2)12-16(18)20/h6-9,14H,5,10-13H2,1-4H3,(H,24,25)/t14-/m1/s1. The molecular weight excluding hydrogens is 340 g/mol. The molecule has 5 heteroatoms. The number of carbonyl (C=O) groups is 2. The molecule has 1 N–H and O–H groups in total. The summed E-state index contributed by atoms with van der Waals surface area (Å²) in [5.74, 6) is -0.222. The van der Waals surface area contributed by atoms with Crippen LogP contribution in [0.15, 0.2) is 24.3 Å². The van der Waals surface area contributed by atoms with Crippen LogP contribution in [0.4, 0.5) is 0 Å². The summed E-state index contributed by atoms with van der Waals surface area (Å²) in [6, 6.07) is 7.64. The summed E-state index contributed by atoms with van der Waals surface area (Å²) in [5, 5.41) is 3.69. The molecule has 1 aliphatic carbocycles. The van der Waals surface area contributed by atoms with Crippen LogP contribution in [0.2, 0.25) is 0 Å². The summed E-state index contributed by atoms with van der Waals surface area (Å²) < 4.78 is 5.41. The van der Waals surface area contributed by atoms with Gasteiger partial charge in [-0.3, -0.25) is 9.78 Å². The van der Waals surface area contributed by atoms with Gasteiger partial charge in [-0.15, -0.1) is 0 Å². The van der Waals surface area contributed by atoms with Gasteiger partial charge in [0.15, 0.2) is 6.61 Å². The number of para-hydroxylation sites is 1. The van der Waals surface area contributed by atoms with Crippen molar-refractivity contribution in [3.63, 3.8) is 0 Å². The Kier molecular flexibility index (Phi) is 5.49. The summed E-state index contributed by atoms with van der Waals surface area (Å²) in [7, 11) is 0. The van der Waals surface area contributed by atoms with Gasteiger partial charge in [-0.2, -0.15) is 0 Å². The molecule has 0 radical (unpaired) electrons. The first kappa shape index (κ1) is 19.3. The van der Waals surface area contributed by atoms with Crippen molar-refractivity contribution in [3.8, 4) is 0 Å². The number of aromatic nitrogens is 1. The fourth-order valence-corrected chi connectivity index (χ4v) is 3.50. The number of rotatable bonds is 5. The molecule has 1 aliphatic rings. The van der Waals surface area contributed by atoms with Gasteiger partial charge in [0, 0.05) is 16.6 Å². The van der Waals surface area contributed by atoms with Crippen LogP contribution in [0.5, 0.6) is 0 Å². The van der Waals surface area contributed by atoms with E-state index in [0.717, 1.165) is 47.8 Å². The Morgan fingerprint density at radius 3 is 2.78 bits per heavy atom. The fourth-order valence-electron chi connectivity index (χ4n) is 3.50. The Morgan fingerprint density at radius 2 is 2.04 bits per heavy atom. The molecule has 1 aromatic heterocycles. The molecule has 0 aliphatic heterocycles. The average Bonchev–Trinajstić information content (AvgIpc) is 2.64. The number of aryl methyl sites for hydroxylation is 1. The predicted molar refractivity (Wildman–Crippen MR) is 106 cm³/mol. The molecule has 0 saturated carbocycles. The van der Waals surface area contributed by atoms with Crippen molar-refractivity contribution >= 4 is 22.8 Å². The van der Waals surface area contributed by atoms with Crippen molar-refractivity contribution in [1.82, 2.24) is 10.3 Å².